The van der Waals surface area contributed by atoms with Gasteiger partial charge in [0, 0.05) is 42.1 Å². The number of ether oxygens (including phenoxy) is 1. The molecular formula is C22H21N5O3. The van der Waals surface area contributed by atoms with Gasteiger partial charge in [0.05, 0.1) is 24.6 Å². The zero-order valence-corrected chi connectivity index (χ0v) is 16.6. The Morgan fingerprint density at radius 1 is 1.03 bits per heavy atom. The maximum atomic E-state index is 12.7. The first-order chi connectivity index (χ1) is 14.5. The van der Waals surface area contributed by atoms with Gasteiger partial charge in [-0.25, -0.2) is 0 Å². The molecule has 0 atom stereocenters. The van der Waals surface area contributed by atoms with Gasteiger partial charge in [-0.05, 0) is 18.2 Å². The number of aromatic nitrogens is 3. The summed E-state index contributed by atoms with van der Waals surface area (Å²) in [5, 5.41) is 10.7. The summed E-state index contributed by atoms with van der Waals surface area (Å²) in [5.74, 6) is 0.191. The number of nitrogens with one attached hydrogen (secondary N) is 2. The number of aryl methyl sites for hydroxylation is 1. The zero-order chi connectivity index (χ0) is 21.1. The Kier molecular flexibility index (Phi) is 5.21. The largest absolute Gasteiger partial charge is 0.497 e. The summed E-state index contributed by atoms with van der Waals surface area (Å²) in [6.07, 6.45) is 4.93. The monoisotopic (exact) mass is 403 g/mol. The smallest absolute Gasteiger partial charge is 0.257 e. The fourth-order valence-corrected chi connectivity index (χ4v) is 3.28. The van der Waals surface area contributed by atoms with E-state index in [2.05, 4.69) is 15.7 Å². The van der Waals surface area contributed by atoms with Crippen LogP contribution in [0.1, 0.15) is 10.4 Å². The first-order valence-electron chi connectivity index (χ1n) is 9.35. The minimum absolute atomic E-state index is 0.0152. The number of carbonyl (C=O) groups excluding carboxylic acids is 2. The lowest BCUT2D eigenvalue weighted by Gasteiger charge is -2.07. The van der Waals surface area contributed by atoms with Crippen LogP contribution in [0.3, 0.4) is 0 Å². The standard InChI is InChI=1S/C22H21N5O3/c1-26-13-19(18-8-3-4-9-20(18)26)22(29)25-16-11-23-27(12-16)14-21(28)24-15-6-5-7-17(10-15)30-2/h3-13H,14H2,1-2H3,(H,24,28)(H,25,29). The fourth-order valence-electron chi connectivity index (χ4n) is 3.28. The summed E-state index contributed by atoms with van der Waals surface area (Å²) in [6.45, 7) is 0.0152. The average molecular weight is 403 g/mol. The van der Waals surface area contributed by atoms with E-state index in [-0.39, 0.29) is 18.4 Å². The summed E-state index contributed by atoms with van der Waals surface area (Å²) in [4.78, 5) is 25.0. The van der Waals surface area contributed by atoms with E-state index in [1.807, 2.05) is 35.9 Å². The molecule has 0 aliphatic rings. The Hall–Kier alpha value is -4.07. The number of fused-ring (bicyclic) bond motifs is 1. The lowest BCUT2D eigenvalue weighted by Crippen LogP contribution is -2.19. The Morgan fingerprint density at radius 3 is 2.70 bits per heavy atom. The van der Waals surface area contributed by atoms with Crippen molar-refractivity contribution in [3.63, 3.8) is 0 Å². The van der Waals surface area contributed by atoms with Gasteiger partial charge >= 0.3 is 0 Å². The summed E-state index contributed by atoms with van der Waals surface area (Å²) < 4.78 is 8.53. The molecule has 0 fully saturated rings. The highest BCUT2D eigenvalue weighted by atomic mass is 16.5. The summed E-state index contributed by atoms with van der Waals surface area (Å²) in [6, 6.07) is 14.8. The van der Waals surface area contributed by atoms with Crippen molar-refractivity contribution in [2.45, 2.75) is 6.54 Å². The molecule has 0 bridgehead atoms. The molecule has 30 heavy (non-hydrogen) atoms. The first kappa shape index (κ1) is 19.3. The number of hydrogen-bond acceptors (Lipinski definition) is 4. The molecule has 2 amide bonds. The van der Waals surface area contributed by atoms with Gasteiger partial charge in [-0.2, -0.15) is 5.10 Å². The maximum Gasteiger partial charge on any atom is 0.257 e. The average Bonchev–Trinajstić information content (AvgIpc) is 3.32. The molecule has 0 aliphatic carbocycles. The number of nitrogens with zero attached hydrogens (tertiary/aromatic N) is 3. The molecule has 4 rings (SSSR count). The van der Waals surface area contributed by atoms with Crippen molar-refractivity contribution in [1.29, 1.82) is 0 Å². The van der Waals surface area contributed by atoms with Gasteiger partial charge in [0.25, 0.3) is 5.91 Å². The third-order valence-electron chi connectivity index (χ3n) is 4.69. The quantitative estimate of drug-likeness (QED) is 0.517. The van der Waals surface area contributed by atoms with Crippen molar-refractivity contribution in [3.05, 3.63) is 72.7 Å². The van der Waals surface area contributed by atoms with Crippen LogP contribution in [-0.4, -0.2) is 33.3 Å². The number of rotatable bonds is 6. The van der Waals surface area contributed by atoms with Gasteiger partial charge in [-0.15, -0.1) is 0 Å². The van der Waals surface area contributed by atoms with Crippen molar-refractivity contribution < 1.29 is 14.3 Å². The van der Waals surface area contributed by atoms with Gasteiger partial charge in [0.15, 0.2) is 0 Å². The van der Waals surface area contributed by atoms with Gasteiger partial charge in [0.2, 0.25) is 5.91 Å². The predicted molar refractivity (Wildman–Crippen MR) is 115 cm³/mol. The molecule has 2 aromatic carbocycles. The number of benzene rings is 2. The van der Waals surface area contributed by atoms with Crippen LogP contribution in [0.25, 0.3) is 10.9 Å². The van der Waals surface area contributed by atoms with E-state index in [4.69, 9.17) is 4.74 Å². The van der Waals surface area contributed by atoms with Crippen LogP contribution in [-0.2, 0) is 18.4 Å². The molecule has 152 valence electrons. The molecule has 0 unspecified atom stereocenters. The van der Waals surface area contributed by atoms with E-state index in [1.165, 1.54) is 10.9 Å². The number of amides is 2. The molecule has 0 aliphatic heterocycles. The number of methoxy groups -OCH3 is 1. The summed E-state index contributed by atoms with van der Waals surface area (Å²) >= 11 is 0. The van der Waals surface area contributed by atoms with Crippen molar-refractivity contribution in [3.8, 4) is 5.75 Å². The van der Waals surface area contributed by atoms with Crippen LogP contribution in [0.5, 0.6) is 5.75 Å². The molecule has 0 spiro atoms. The van der Waals surface area contributed by atoms with E-state index in [1.54, 1.807) is 43.8 Å². The van der Waals surface area contributed by atoms with Gasteiger partial charge < -0.3 is 19.9 Å². The summed E-state index contributed by atoms with van der Waals surface area (Å²) in [5.41, 5.74) is 2.71. The van der Waals surface area contributed by atoms with Crippen LogP contribution in [0.15, 0.2) is 67.1 Å². The van der Waals surface area contributed by atoms with Crippen molar-refractivity contribution >= 4 is 34.1 Å². The minimum atomic E-state index is -0.238. The van der Waals surface area contributed by atoms with Gasteiger partial charge in [0.1, 0.15) is 12.3 Å². The Morgan fingerprint density at radius 2 is 1.87 bits per heavy atom. The predicted octanol–water partition coefficient (Wildman–Crippen LogP) is 3.27. The molecule has 2 N–H and O–H groups in total. The van der Waals surface area contributed by atoms with E-state index in [0.29, 0.717) is 22.7 Å². The Balaban J connectivity index is 1.41. The third-order valence-corrected chi connectivity index (χ3v) is 4.69. The molecule has 2 heterocycles. The molecule has 4 aromatic rings. The van der Waals surface area contributed by atoms with Gasteiger partial charge in [-0.3, -0.25) is 14.3 Å². The second kappa shape index (κ2) is 8.12. The topological polar surface area (TPSA) is 90.2 Å². The van der Waals surface area contributed by atoms with E-state index >= 15 is 0 Å². The van der Waals surface area contributed by atoms with Crippen LogP contribution in [0.4, 0.5) is 11.4 Å². The van der Waals surface area contributed by atoms with E-state index in [9.17, 15) is 9.59 Å². The van der Waals surface area contributed by atoms with Crippen molar-refractivity contribution in [1.82, 2.24) is 14.3 Å². The van der Waals surface area contributed by atoms with Crippen LogP contribution < -0.4 is 15.4 Å². The highest BCUT2D eigenvalue weighted by Gasteiger charge is 2.15. The Labute approximate surface area is 173 Å². The van der Waals surface area contributed by atoms with Gasteiger partial charge in [-0.1, -0.05) is 24.3 Å². The molecule has 8 nitrogen and oxygen atoms in total. The molecule has 0 saturated heterocycles. The number of anilines is 2. The second-order valence-electron chi connectivity index (χ2n) is 6.83. The number of para-hydroxylation sites is 1. The molecular weight excluding hydrogens is 382 g/mol. The van der Waals surface area contributed by atoms with Crippen LogP contribution in [0, 0.1) is 0 Å². The van der Waals surface area contributed by atoms with Crippen LogP contribution in [0.2, 0.25) is 0 Å². The third kappa shape index (κ3) is 4.02. The highest BCUT2D eigenvalue weighted by Crippen LogP contribution is 2.21. The van der Waals surface area contributed by atoms with E-state index in [0.717, 1.165) is 10.9 Å². The second-order valence-corrected chi connectivity index (χ2v) is 6.83. The minimum Gasteiger partial charge on any atom is -0.497 e. The molecule has 0 radical (unpaired) electrons. The van der Waals surface area contributed by atoms with E-state index < -0.39 is 0 Å². The van der Waals surface area contributed by atoms with Crippen molar-refractivity contribution in [2.75, 3.05) is 17.7 Å². The summed E-state index contributed by atoms with van der Waals surface area (Å²) in [7, 11) is 3.47. The fraction of sp³-hybridized carbons (Fsp3) is 0.136. The zero-order valence-electron chi connectivity index (χ0n) is 16.6. The normalized spacial score (nSPS) is 10.7. The number of carbonyl (C=O) groups is 2. The first-order valence-corrected chi connectivity index (χ1v) is 9.35. The number of hydrogen-bond donors (Lipinski definition) is 2. The lowest BCUT2D eigenvalue weighted by atomic mass is 10.1. The van der Waals surface area contributed by atoms with Crippen molar-refractivity contribution in [2.24, 2.45) is 7.05 Å². The van der Waals surface area contributed by atoms with Crippen LogP contribution >= 0.6 is 0 Å². The Bertz CT molecular complexity index is 1220. The molecule has 0 saturated carbocycles. The maximum absolute atomic E-state index is 12.7. The molecule has 2 aromatic heterocycles. The SMILES string of the molecule is COc1cccc(NC(=O)Cn2cc(NC(=O)c3cn(C)c4ccccc34)cn2)c1. The molecule has 8 heteroatoms. The highest BCUT2D eigenvalue weighted by molar-refractivity contribution is 6.12. The lowest BCUT2D eigenvalue weighted by molar-refractivity contribution is -0.116.